The number of halogens is 1. The summed E-state index contributed by atoms with van der Waals surface area (Å²) in [5.41, 5.74) is 1.33. The number of amides is 1. The number of nitrogens with zero attached hydrogens (tertiary/aromatic N) is 1. The fraction of sp³-hybridized carbons (Fsp3) is 0.385. The number of carbonyl (C=O) groups is 2. The Kier molecular flexibility index (Phi) is 3.91. The molecule has 0 spiro atoms. The molecule has 2 N–H and O–H groups in total. The minimum absolute atomic E-state index is 0.0604. The third-order valence-corrected chi connectivity index (χ3v) is 4.12. The summed E-state index contributed by atoms with van der Waals surface area (Å²) in [5.74, 6) is -1.45. The van der Waals surface area contributed by atoms with Crippen LogP contribution >= 0.6 is 15.9 Å². The van der Waals surface area contributed by atoms with Crippen molar-refractivity contribution in [1.82, 2.24) is 4.90 Å². The third kappa shape index (κ3) is 2.79. The molecule has 19 heavy (non-hydrogen) atoms. The Morgan fingerprint density at radius 2 is 2.11 bits per heavy atom. The van der Waals surface area contributed by atoms with Crippen molar-refractivity contribution in [3.8, 4) is 0 Å². The summed E-state index contributed by atoms with van der Waals surface area (Å²) in [6.07, 6.45) is -0.696. The number of carbonyl (C=O) groups excluding carboxylic acids is 1. The van der Waals surface area contributed by atoms with E-state index in [-0.39, 0.29) is 18.9 Å². The van der Waals surface area contributed by atoms with Gasteiger partial charge in [-0.05, 0) is 30.7 Å². The van der Waals surface area contributed by atoms with Gasteiger partial charge in [0.25, 0.3) is 5.91 Å². The summed E-state index contributed by atoms with van der Waals surface area (Å²) in [6.45, 7) is 1.92. The molecule has 0 radical (unpaired) electrons. The fourth-order valence-electron chi connectivity index (χ4n) is 2.22. The first-order valence-electron chi connectivity index (χ1n) is 5.88. The number of hydrogen-bond donors (Lipinski definition) is 2. The first-order chi connectivity index (χ1) is 8.90. The van der Waals surface area contributed by atoms with Gasteiger partial charge < -0.3 is 15.1 Å². The molecule has 1 saturated heterocycles. The predicted octanol–water partition coefficient (Wildman–Crippen LogP) is 1.42. The van der Waals surface area contributed by atoms with Crippen molar-refractivity contribution in [1.29, 1.82) is 0 Å². The minimum atomic E-state index is -1.08. The van der Waals surface area contributed by atoms with E-state index in [9.17, 15) is 14.7 Å². The molecule has 1 aliphatic heterocycles. The quantitative estimate of drug-likeness (QED) is 0.861. The lowest BCUT2D eigenvalue weighted by Crippen LogP contribution is -2.40. The van der Waals surface area contributed by atoms with Crippen LogP contribution in [0.1, 0.15) is 22.3 Å². The number of hydrogen-bond acceptors (Lipinski definition) is 3. The van der Waals surface area contributed by atoms with Crippen LogP contribution in [0.3, 0.4) is 0 Å². The maximum Gasteiger partial charge on any atom is 0.326 e. The van der Waals surface area contributed by atoms with E-state index in [1.807, 2.05) is 6.92 Å². The second-order valence-corrected chi connectivity index (χ2v) is 5.52. The van der Waals surface area contributed by atoms with Crippen LogP contribution in [0, 0.1) is 6.92 Å². The van der Waals surface area contributed by atoms with Gasteiger partial charge in [0.05, 0.1) is 6.10 Å². The number of aryl methyl sites for hydroxylation is 1. The molecule has 6 heteroatoms. The van der Waals surface area contributed by atoms with Crippen molar-refractivity contribution in [3.63, 3.8) is 0 Å². The summed E-state index contributed by atoms with van der Waals surface area (Å²) in [5, 5.41) is 18.6. The monoisotopic (exact) mass is 327 g/mol. The maximum absolute atomic E-state index is 12.3. The Morgan fingerprint density at radius 3 is 2.68 bits per heavy atom. The molecule has 1 fully saturated rings. The van der Waals surface area contributed by atoms with Crippen LogP contribution in [0.25, 0.3) is 0 Å². The smallest absolute Gasteiger partial charge is 0.326 e. The summed E-state index contributed by atoms with van der Waals surface area (Å²) < 4.78 is 0.889. The predicted molar refractivity (Wildman–Crippen MR) is 72.0 cm³/mol. The maximum atomic E-state index is 12.3. The molecular formula is C13H14BrNO4. The van der Waals surface area contributed by atoms with Crippen LogP contribution in [0.15, 0.2) is 22.7 Å². The van der Waals surface area contributed by atoms with E-state index in [1.54, 1.807) is 18.2 Å². The summed E-state index contributed by atoms with van der Waals surface area (Å²) >= 11 is 3.35. The van der Waals surface area contributed by atoms with Crippen molar-refractivity contribution < 1.29 is 19.8 Å². The van der Waals surface area contributed by atoms with Crippen LogP contribution in [-0.4, -0.2) is 45.7 Å². The molecule has 1 aromatic rings. The van der Waals surface area contributed by atoms with E-state index in [0.29, 0.717) is 5.56 Å². The van der Waals surface area contributed by atoms with Gasteiger partial charge in [0.15, 0.2) is 0 Å². The fourth-order valence-corrected chi connectivity index (χ4v) is 2.46. The van der Waals surface area contributed by atoms with E-state index in [0.717, 1.165) is 10.0 Å². The number of likely N-dealkylation sites (tertiary alicyclic amines) is 1. The van der Waals surface area contributed by atoms with Gasteiger partial charge in [-0.2, -0.15) is 0 Å². The normalized spacial score (nSPS) is 22.6. The number of carboxylic acids is 1. The van der Waals surface area contributed by atoms with Gasteiger partial charge in [0.2, 0.25) is 0 Å². The van der Waals surface area contributed by atoms with E-state index < -0.39 is 18.1 Å². The summed E-state index contributed by atoms with van der Waals surface area (Å²) in [7, 11) is 0. The van der Waals surface area contributed by atoms with E-state index in [1.165, 1.54) is 4.90 Å². The topological polar surface area (TPSA) is 77.8 Å². The van der Waals surface area contributed by atoms with Gasteiger partial charge in [-0.3, -0.25) is 4.79 Å². The molecule has 1 heterocycles. The standard InChI is InChI=1S/C13H14BrNO4/c1-7-4-8(2-3-10(7)14)12(17)15-6-9(16)5-11(15)13(18)19/h2-4,9,11,16H,5-6H2,1H3,(H,18,19)/t9?,11-/m0/s1. The van der Waals surface area contributed by atoms with E-state index >= 15 is 0 Å². The van der Waals surface area contributed by atoms with Crippen LogP contribution in [0.5, 0.6) is 0 Å². The molecule has 102 valence electrons. The van der Waals surface area contributed by atoms with Gasteiger partial charge in [-0.15, -0.1) is 0 Å². The lowest BCUT2D eigenvalue weighted by atomic mass is 10.1. The molecule has 2 atom stereocenters. The highest BCUT2D eigenvalue weighted by Gasteiger charge is 2.39. The third-order valence-electron chi connectivity index (χ3n) is 3.23. The first kappa shape index (κ1) is 14.0. The molecule has 2 rings (SSSR count). The van der Waals surface area contributed by atoms with Gasteiger partial charge >= 0.3 is 5.97 Å². The number of benzene rings is 1. The average Bonchev–Trinajstić information content (AvgIpc) is 2.74. The van der Waals surface area contributed by atoms with Gasteiger partial charge in [0.1, 0.15) is 6.04 Å². The number of aliphatic hydroxyl groups excluding tert-OH is 1. The first-order valence-corrected chi connectivity index (χ1v) is 6.67. The highest BCUT2D eigenvalue weighted by molar-refractivity contribution is 9.10. The highest BCUT2D eigenvalue weighted by atomic mass is 79.9. The molecule has 1 unspecified atom stereocenters. The van der Waals surface area contributed by atoms with Crippen molar-refractivity contribution in [2.75, 3.05) is 6.54 Å². The van der Waals surface area contributed by atoms with Crippen molar-refractivity contribution in [2.24, 2.45) is 0 Å². The Morgan fingerprint density at radius 1 is 1.42 bits per heavy atom. The highest BCUT2D eigenvalue weighted by Crippen LogP contribution is 2.23. The van der Waals surface area contributed by atoms with Gasteiger partial charge in [-0.25, -0.2) is 4.79 Å². The van der Waals surface area contributed by atoms with Crippen molar-refractivity contribution >= 4 is 27.8 Å². The van der Waals surface area contributed by atoms with Crippen LogP contribution in [-0.2, 0) is 4.79 Å². The van der Waals surface area contributed by atoms with Crippen LogP contribution < -0.4 is 0 Å². The zero-order chi connectivity index (χ0) is 14.2. The Hall–Kier alpha value is -1.40. The Labute approximate surface area is 119 Å². The Bertz CT molecular complexity index is 531. The number of rotatable bonds is 2. The largest absolute Gasteiger partial charge is 0.480 e. The molecule has 1 amide bonds. The minimum Gasteiger partial charge on any atom is -0.480 e. The second kappa shape index (κ2) is 5.30. The van der Waals surface area contributed by atoms with Crippen molar-refractivity contribution in [3.05, 3.63) is 33.8 Å². The average molecular weight is 328 g/mol. The van der Waals surface area contributed by atoms with Crippen LogP contribution in [0.2, 0.25) is 0 Å². The summed E-state index contributed by atoms with van der Waals surface area (Å²) in [4.78, 5) is 24.6. The molecule has 0 saturated carbocycles. The molecule has 1 aromatic carbocycles. The van der Waals surface area contributed by atoms with Crippen LogP contribution in [0.4, 0.5) is 0 Å². The number of aliphatic hydroxyl groups is 1. The zero-order valence-corrected chi connectivity index (χ0v) is 11.9. The molecule has 0 aromatic heterocycles. The second-order valence-electron chi connectivity index (χ2n) is 4.67. The molecular weight excluding hydrogens is 314 g/mol. The molecule has 1 aliphatic rings. The Balaban J connectivity index is 2.27. The molecule has 5 nitrogen and oxygen atoms in total. The van der Waals surface area contributed by atoms with E-state index in [4.69, 9.17) is 5.11 Å². The number of aliphatic carboxylic acids is 1. The summed E-state index contributed by atoms with van der Waals surface area (Å²) in [6, 6.07) is 4.15. The van der Waals surface area contributed by atoms with Crippen molar-refractivity contribution in [2.45, 2.75) is 25.5 Å². The molecule has 0 aliphatic carbocycles. The van der Waals surface area contributed by atoms with E-state index in [2.05, 4.69) is 15.9 Å². The molecule has 0 bridgehead atoms. The van der Waals surface area contributed by atoms with Gasteiger partial charge in [-0.1, -0.05) is 15.9 Å². The lowest BCUT2D eigenvalue weighted by molar-refractivity contribution is -0.141. The zero-order valence-electron chi connectivity index (χ0n) is 10.3. The van der Waals surface area contributed by atoms with Gasteiger partial charge in [0, 0.05) is 23.0 Å². The lowest BCUT2D eigenvalue weighted by Gasteiger charge is -2.21. The number of β-amino-alcohol motifs (C(OH)–C–C–N with tert-alkyl or cyclic N) is 1. The number of carboxylic acid groups (broad SMARTS) is 1. The SMILES string of the molecule is Cc1cc(C(=O)N2CC(O)C[C@H]2C(=O)O)ccc1Br.